The number of aldehydes is 1. The van der Waals surface area contributed by atoms with Crippen LogP contribution in [0, 0.1) is 0 Å². The number of rotatable bonds is 4. The van der Waals surface area contributed by atoms with E-state index in [9.17, 15) is 9.59 Å². The summed E-state index contributed by atoms with van der Waals surface area (Å²) in [5.41, 5.74) is 0. The number of hydrogen-bond donors (Lipinski definition) is 1. The van der Waals surface area contributed by atoms with E-state index in [4.69, 9.17) is 4.43 Å². The van der Waals surface area contributed by atoms with E-state index in [0.717, 1.165) is 6.29 Å². The van der Waals surface area contributed by atoms with Gasteiger partial charge in [0.25, 0.3) is 0 Å². The zero-order chi connectivity index (χ0) is 13.3. The molecule has 1 saturated heterocycles. The Hall–Kier alpha value is -0.683. The molecule has 0 radical (unpaired) electrons. The second kappa shape index (κ2) is 4.90. The van der Waals surface area contributed by atoms with Gasteiger partial charge in [-0.3, -0.25) is 4.79 Å². The molecule has 0 spiro atoms. The van der Waals surface area contributed by atoms with Gasteiger partial charge in [-0.05, 0) is 24.6 Å². The number of carbonyl (C=O) groups is 2. The van der Waals surface area contributed by atoms with Crippen molar-refractivity contribution in [3.8, 4) is 0 Å². The van der Waals surface area contributed by atoms with Crippen molar-refractivity contribution >= 4 is 20.5 Å². The molecule has 0 aromatic carbocycles. The molecule has 0 bridgehead atoms. The van der Waals surface area contributed by atoms with Crippen LogP contribution in [0.15, 0.2) is 0 Å². The molecule has 1 amide bonds. The lowest BCUT2D eigenvalue weighted by Gasteiger charge is -2.39. The highest BCUT2D eigenvalue weighted by Crippen LogP contribution is 2.37. The van der Waals surface area contributed by atoms with Crippen molar-refractivity contribution in [2.45, 2.75) is 63.9 Å². The lowest BCUT2D eigenvalue weighted by atomic mass is 10.1. The second-order valence-electron chi connectivity index (χ2n) is 6.19. The topological polar surface area (TPSA) is 55.4 Å². The minimum Gasteiger partial charge on any atom is -0.405 e. The molecule has 1 rings (SSSR count). The van der Waals surface area contributed by atoms with Crippen molar-refractivity contribution in [3.05, 3.63) is 0 Å². The highest BCUT2D eigenvalue weighted by atomic mass is 28.4. The van der Waals surface area contributed by atoms with Gasteiger partial charge in [-0.25, -0.2) is 0 Å². The van der Waals surface area contributed by atoms with Crippen LogP contribution in [0.3, 0.4) is 0 Å². The monoisotopic (exact) mass is 257 g/mol. The smallest absolute Gasteiger partial charge is 0.220 e. The quantitative estimate of drug-likeness (QED) is 0.618. The first-order valence-corrected chi connectivity index (χ1v) is 9.01. The van der Waals surface area contributed by atoms with Crippen LogP contribution in [0.4, 0.5) is 0 Å². The first-order valence-electron chi connectivity index (χ1n) is 6.10. The summed E-state index contributed by atoms with van der Waals surface area (Å²) in [6, 6.07) is -0.144. The average molecular weight is 257 g/mol. The first kappa shape index (κ1) is 14.4. The lowest BCUT2D eigenvalue weighted by molar-refractivity contribution is -0.120. The fraction of sp³-hybridized carbons (Fsp3) is 0.833. The predicted octanol–water partition coefficient (Wildman–Crippen LogP) is 1.85. The Morgan fingerprint density at radius 3 is 2.41 bits per heavy atom. The highest BCUT2D eigenvalue weighted by Gasteiger charge is 2.41. The molecule has 1 N–H and O–H groups in total. The Kier molecular flexibility index (Phi) is 4.14. The Balaban J connectivity index is 2.70. The molecule has 98 valence electrons. The van der Waals surface area contributed by atoms with Crippen LogP contribution in [-0.4, -0.2) is 32.7 Å². The maximum absolute atomic E-state index is 11.2. The Morgan fingerprint density at radius 1 is 1.47 bits per heavy atom. The summed E-state index contributed by atoms with van der Waals surface area (Å²) in [5, 5.41) is 2.87. The van der Waals surface area contributed by atoms with Crippen molar-refractivity contribution < 1.29 is 14.0 Å². The summed E-state index contributed by atoms with van der Waals surface area (Å²) >= 11 is 0. The molecule has 1 aliphatic rings. The summed E-state index contributed by atoms with van der Waals surface area (Å²) in [5.74, 6) is 0.0145. The van der Waals surface area contributed by atoms with Gasteiger partial charge in [0.1, 0.15) is 12.4 Å². The van der Waals surface area contributed by atoms with E-state index in [1.54, 1.807) is 0 Å². The van der Waals surface area contributed by atoms with Gasteiger partial charge in [0, 0.05) is 6.42 Å². The van der Waals surface area contributed by atoms with Crippen LogP contribution < -0.4 is 5.32 Å². The van der Waals surface area contributed by atoms with Gasteiger partial charge in [0.05, 0.1) is 6.04 Å². The summed E-state index contributed by atoms with van der Waals surface area (Å²) < 4.78 is 6.04. The van der Waals surface area contributed by atoms with Crippen molar-refractivity contribution in [1.82, 2.24) is 5.32 Å². The minimum atomic E-state index is -1.96. The summed E-state index contributed by atoms with van der Waals surface area (Å²) in [7, 11) is -1.96. The van der Waals surface area contributed by atoms with E-state index in [1.807, 2.05) is 0 Å². The molecule has 1 heterocycles. The van der Waals surface area contributed by atoms with Crippen LogP contribution in [0.5, 0.6) is 0 Å². The number of nitrogens with one attached hydrogen (secondary N) is 1. The second-order valence-corrected chi connectivity index (χ2v) is 10.9. The molecule has 0 aliphatic carbocycles. The number of carbonyl (C=O) groups excluding carboxylic acids is 2. The molecule has 0 unspecified atom stereocenters. The molecule has 2 atom stereocenters. The largest absolute Gasteiger partial charge is 0.405 e. The third kappa shape index (κ3) is 3.39. The maximum atomic E-state index is 11.2. The zero-order valence-electron chi connectivity index (χ0n) is 11.4. The minimum absolute atomic E-state index is 0.0145. The zero-order valence-corrected chi connectivity index (χ0v) is 12.4. The van der Waals surface area contributed by atoms with Crippen molar-refractivity contribution in [2.24, 2.45) is 0 Å². The SMILES string of the molecule is CC(C)(C)[Si](C)(C)O[C@H](C=O)[C@H]1CCC(=O)N1. The van der Waals surface area contributed by atoms with Crippen molar-refractivity contribution in [2.75, 3.05) is 0 Å². The van der Waals surface area contributed by atoms with Crippen LogP contribution in [-0.2, 0) is 14.0 Å². The molecular formula is C12H23NO3Si. The fourth-order valence-electron chi connectivity index (χ4n) is 1.61. The molecule has 0 aromatic heterocycles. The molecule has 0 saturated carbocycles. The molecule has 1 aliphatic heterocycles. The maximum Gasteiger partial charge on any atom is 0.220 e. The highest BCUT2D eigenvalue weighted by molar-refractivity contribution is 6.74. The van der Waals surface area contributed by atoms with E-state index in [0.29, 0.717) is 12.8 Å². The van der Waals surface area contributed by atoms with Crippen LogP contribution in [0.2, 0.25) is 18.1 Å². The lowest BCUT2D eigenvalue weighted by Crippen LogP contribution is -2.50. The van der Waals surface area contributed by atoms with E-state index in [1.165, 1.54) is 0 Å². The predicted molar refractivity (Wildman–Crippen MR) is 69.3 cm³/mol. The van der Waals surface area contributed by atoms with Gasteiger partial charge in [0.2, 0.25) is 5.91 Å². The Bertz CT molecular complexity index is 309. The Labute approximate surface area is 104 Å². The van der Waals surface area contributed by atoms with Gasteiger partial charge in [-0.15, -0.1) is 0 Å². The number of hydrogen-bond acceptors (Lipinski definition) is 3. The van der Waals surface area contributed by atoms with Gasteiger partial charge < -0.3 is 14.5 Å². The van der Waals surface area contributed by atoms with E-state index < -0.39 is 14.4 Å². The van der Waals surface area contributed by atoms with Crippen LogP contribution >= 0.6 is 0 Å². The van der Waals surface area contributed by atoms with Crippen LogP contribution in [0.1, 0.15) is 33.6 Å². The third-order valence-electron chi connectivity index (χ3n) is 3.80. The fourth-order valence-corrected chi connectivity index (χ4v) is 2.86. The third-order valence-corrected chi connectivity index (χ3v) is 8.27. The van der Waals surface area contributed by atoms with Gasteiger partial charge in [-0.1, -0.05) is 20.8 Å². The van der Waals surface area contributed by atoms with Gasteiger partial charge in [-0.2, -0.15) is 0 Å². The van der Waals surface area contributed by atoms with Crippen molar-refractivity contribution in [3.63, 3.8) is 0 Å². The first-order chi connectivity index (χ1) is 7.67. The van der Waals surface area contributed by atoms with Crippen molar-refractivity contribution in [1.29, 1.82) is 0 Å². The molecule has 5 heteroatoms. The molecule has 4 nitrogen and oxygen atoms in total. The molecule has 17 heavy (non-hydrogen) atoms. The summed E-state index contributed by atoms with van der Waals surface area (Å²) in [6.45, 7) is 10.6. The van der Waals surface area contributed by atoms with E-state index in [-0.39, 0.29) is 17.0 Å². The molecule has 0 aromatic rings. The summed E-state index contributed by atoms with van der Waals surface area (Å²) in [4.78, 5) is 22.3. The Morgan fingerprint density at radius 2 is 2.06 bits per heavy atom. The molecular weight excluding hydrogens is 234 g/mol. The van der Waals surface area contributed by atoms with Gasteiger partial charge >= 0.3 is 0 Å². The summed E-state index contributed by atoms with van der Waals surface area (Å²) in [6.07, 6.45) is 1.52. The average Bonchev–Trinajstić information content (AvgIpc) is 2.59. The van der Waals surface area contributed by atoms with E-state index in [2.05, 4.69) is 39.2 Å². The van der Waals surface area contributed by atoms with Crippen LogP contribution in [0.25, 0.3) is 0 Å². The van der Waals surface area contributed by atoms with Gasteiger partial charge in [0.15, 0.2) is 8.32 Å². The normalized spacial score (nSPS) is 23.4. The standard InChI is InChI=1S/C12H23NO3Si/c1-12(2,3)17(4,5)16-10(8-14)9-6-7-11(15)13-9/h8-10H,6-7H2,1-5H3,(H,13,15)/t9-,10-/m1/s1. The number of amides is 1. The molecule has 1 fully saturated rings. The van der Waals surface area contributed by atoms with E-state index >= 15 is 0 Å².